The van der Waals surface area contributed by atoms with Crippen molar-refractivity contribution in [3.63, 3.8) is 0 Å². The zero-order chi connectivity index (χ0) is 13.5. The van der Waals surface area contributed by atoms with E-state index in [1.807, 2.05) is 13.8 Å². The highest BCUT2D eigenvalue weighted by Crippen LogP contribution is 2.26. The molecule has 0 amide bonds. The molecule has 3 nitrogen and oxygen atoms in total. The van der Waals surface area contributed by atoms with Crippen LogP contribution in [0.4, 0.5) is 4.39 Å². The second kappa shape index (κ2) is 7.71. The van der Waals surface area contributed by atoms with Gasteiger partial charge in [0.05, 0.1) is 0 Å². The number of hydrogen-bond donors (Lipinski definition) is 0. The maximum Gasteiger partial charge on any atom is 0.191 e. The Morgan fingerprint density at radius 3 is 2.39 bits per heavy atom. The summed E-state index contributed by atoms with van der Waals surface area (Å²) in [4.78, 5) is 0. The molecule has 1 rings (SSSR count). The second-order valence-corrected chi connectivity index (χ2v) is 4.49. The van der Waals surface area contributed by atoms with E-state index in [4.69, 9.17) is 14.2 Å². The molecule has 0 heterocycles. The Kier molecular flexibility index (Phi) is 6.60. The van der Waals surface area contributed by atoms with Crippen LogP contribution in [0.25, 0.3) is 0 Å². The largest absolute Gasteiger partial charge is 0.485 e. The van der Waals surface area contributed by atoms with Crippen LogP contribution in [0.2, 0.25) is 0 Å². The van der Waals surface area contributed by atoms with Crippen LogP contribution in [0.15, 0.2) is 16.6 Å². The molecule has 1 aromatic rings. The molecule has 0 aliphatic rings. The minimum atomic E-state index is -0.469. The van der Waals surface area contributed by atoms with Crippen molar-refractivity contribution < 1.29 is 18.6 Å². The van der Waals surface area contributed by atoms with Gasteiger partial charge < -0.3 is 14.2 Å². The lowest BCUT2D eigenvalue weighted by Gasteiger charge is -2.18. The van der Waals surface area contributed by atoms with E-state index in [0.29, 0.717) is 18.8 Å². The molecule has 0 aliphatic heterocycles. The quantitative estimate of drug-likeness (QED) is 0.717. The van der Waals surface area contributed by atoms with E-state index >= 15 is 0 Å². The van der Waals surface area contributed by atoms with E-state index in [1.165, 1.54) is 0 Å². The highest BCUT2D eigenvalue weighted by Gasteiger charge is 2.13. The van der Waals surface area contributed by atoms with Gasteiger partial charge in [0, 0.05) is 23.2 Å². The smallest absolute Gasteiger partial charge is 0.191 e. The van der Waals surface area contributed by atoms with Gasteiger partial charge in [-0.3, -0.25) is 0 Å². The van der Waals surface area contributed by atoms with Crippen LogP contribution in [0.5, 0.6) is 5.75 Å². The van der Waals surface area contributed by atoms with Gasteiger partial charge in [-0.25, -0.2) is 4.39 Å². The highest BCUT2D eigenvalue weighted by atomic mass is 79.9. The Balaban J connectivity index is 2.64. The molecule has 0 N–H and O–H groups in total. The van der Waals surface area contributed by atoms with Crippen molar-refractivity contribution >= 4 is 15.9 Å². The first-order valence-corrected chi connectivity index (χ1v) is 6.70. The molecule has 0 atom stereocenters. The maximum absolute atomic E-state index is 13.8. The van der Waals surface area contributed by atoms with E-state index in [1.54, 1.807) is 19.1 Å². The third kappa shape index (κ3) is 4.23. The summed E-state index contributed by atoms with van der Waals surface area (Å²) < 4.78 is 30.6. The molecule has 102 valence electrons. The average molecular weight is 321 g/mol. The molecule has 0 radical (unpaired) electrons. The molecule has 0 spiro atoms. The first-order chi connectivity index (χ1) is 8.60. The van der Waals surface area contributed by atoms with E-state index < -0.39 is 6.29 Å². The molecule has 0 aliphatic carbocycles. The summed E-state index contributed by atoms with van der Waals surface area (Å²) in [6.07, 6.45) is -0.469. The number of benzene rings is 1. The van der Waals surface area contributed by atoms with E-state index in [0.717, 1.165) is 4.47 Å². The fourth-order valence-electron chi connectivity index (χ4n) is 1.42. The normalized spacial score (nSPS) is 11.0. The molecule has 18 heavy (non-hydrogen) atoms. The Bertz CT molecular complexity index is 379. The van der Waals surface area contributed by atoms with Gasteiger partial charge in [-0.05, 0) is 32.9 Å². The molecule has 5 heteroatoms. The monoisotopic (exact) mass is 320 g/mol. The lowest BCUT2D eigenvalue weighted by Crippen LogP contribution is -2.25. The van der Waals surface area contributed by atoms with Gasteiger partial charge in [0.25, 0.3) is 0 Å². The molecular formula is C13H18BrFO3. The summed E-state index contributed by atoms with van der Waals surface area (Å²) in [6, 6.07) is 3.34. The van der Waals surface area contributed by atoms with Crippen LogP contribution < -0.4 is 4.74 Å². The van der Waals surface area contributed by atoms with Crippen LogP contribution >= 0.6 is 15.9 Å². The summed E-state index contributed by atoms with van der Waals surface area (Å²) in [7, 11) is 0. The Morgan fingerprint density at radius 2 is 1.83 bits per heavy atom. The van der Waals surface area contributed by atoms with Crippen LogP contribution in [0.3, 0.4) is 0 Å². The second-order valence-electron chi connectivity index (χ2n) is 3.64. The van der Waals surface area contributed by atoms with E-state index in [2.05, 4.69) is 15.9 Å². The lowest BCUT2D eigenvalue weighted by molar-refractivity contribution is -0.152. The third-order valence-electron chi connectivity index (χ3n) is 2.36. The Labute approximate surface area is 115 Å². The molecule has 0 fully saturated rings. The van der Waals surface area contributed by atoms with Crippen LogP contribution in [-0.2, 0) is 9.47 Å². The number of halogens is 2. The van der Waals surface area contributed by atoms with Gasteiger partial charge in [0.2, 0.25) is 0 Å². The first kappa shape index (κ1) is 15.4. The standard InChI is InChI=1S/C13H18BrFO3/c1-4-16-12(17-5-2)8-18-11-7-6-10(14)9(3)13(11)15/h6-7,12H,4-5,8H2,1-3H3. The SMILES string of the molecule is CCOC(COc1ccc(Br)c(C)c1F)OCC. The van der Waals surface area contributed by atoms with Crippen LogP contribution in [0.1, 0.15) is 19.4 Å². The third-order valence-corrected chi connectivity index (χ3v) is 3.22. The molecular weight excluding hydrogens is 303 g/mol. The van der Waals surface area contributed by atoms with Gasteiger partial charge in [-0.15, -0.1) is 0 Å². The summed E-state index contributed by atoms with van der Waals surface area (Å²) in [5, 5.41) is 0. The van der Waals surface area contributed by atoms with Crippen molar-refractivity contribution in [2.75, 3.05) is 19.8 Å². The molecule has 0 saturated carbocycles. The van der Waals surface area contributed by atoms with Gasteiger partial charge in [-0.2, -0.15) is 0 Å². The van der Waals surface area contributed by atoms with Crippen molar-refractivity contribution in [2.24, 2.45) is 0 Å². The van der Waals surface area contributed by atoms with Crippen molar-refractivity contribution in [3.05, 3.63) is 28.0 Å². The topological polar surface area (TPSA) is 27.7 Å². The molecule has 0 aromatic heterocycles. The summed E-state index contributed by atoms with van der Waals surface area (Å²) in [5.74, 6) is -0.156. The maximum atomic E-state index is 13.8. The number of rotatable bonds is 7. The van der Waals surface area contributed by atoms with E-state index in [9.17, 15) is 4.39 Å². The molecule has 0 saturated heterocycles. The zero-order valence-electron chi connectivity index (χ0n) is 10.8. The Morgan fingerprint density at radius 1 is 1.22 bits per heavy atom. The summed E-state index contributed by atoms with van der Waals surface area (Å²) in [6.45, 7) is 6.65. The molecule has 1 aromatic carbocycles. The molecule has 0 bridgehead atoms. The van der Waals surface area contributed by atoms with Gasteiger partial charge in [0.15, 0.2) is 17.9 Å². The van der Waals surface area contributed by atoms with Crippen LogP contribution in [-0.4, -0.2) is 26.1 Å². The fourth-order valence-corrected chi connectivity index (χ4v) is 1.73. The lowest BCUT2D eigenvalue weighted by atomic mass is 10.2. The van der Waals surface area contributed by atoms with Crippen molar-refractivity contribution in [2.45, 2.75) is 27.1 Å². The van der Waals surface area contributed by atoms with Crippen molar-refractivity contribution in [3.8, 4) is 5.75 Å². The van der Waals surface area contributed by atoms with Gasteiger partial charge in [-0.1, -0.05) is 15.9 Å². The van der Waals surface area contributed by atoms with Crippen LogP contribution in [0, 0.1) is 12.7 Å². The predicted molar refractivity (Wildman–Crippen MR) is 71.4 cm³/mol. The number of ether oxygens (including phenoxy) is 3. The highest BCUT2D eigenvalue weighted by molar-refractivity contribution is 9.10. The minimum absolute atomic E-state index is 0.166. The zero-order valence-corrected chi connectivity index (χ0v) is 12.4. The van der Waals surface area contributed by atoms with Crippen molar-refractivity contribution in [1.29, 1.82) is 0 Å². The van der Waals surface area contributed by atoms with Crippen molar-refractivity contribution in [1.82, 2.24) is 0 Å². The summed E-state index contributed by atoms with van der Waals surface area (Å²) >= 11 is 3.27. The Hall–Kier alpha value is -0.650. The van der Waals surface area contributed by atoms with Gasteiger partial charge >= 0.3 is 0 Å². The minimum Gasteiger partial charge on any atom is -0.485 e. The fraction of sp³-hybridized carbons (Fsp3) is 0.538. The predicted octanol–water partition coefficient (Wildman–Crippen LogP) is 3.67. The summed E-state index contributed by atoms with van der Waals surface area (Å²) in [5.41, 5.74) is 0.525. The van der Waals surface area contributed by atoms with E-state index in [-0.39, 0.29) is 18.2 Å². The van der Waals surface area contributed by atoms with Gasteiger partial charge in [0.1, 0.15) is 6.61 Å². The number of hydrogen-bond acceptors (Lipinski definition) is 3. The molecule has 0 unspecified atom stereocenters. The first-order valence-electron chi connectivity index (χ1n) is 5.90. The average Bonchev–Trinajstić information content (AvgIpc) is 2.35.